The predicted molar refractivity (Wildman–Crippen MR) is 47.0 cm³/mol. The highest BCUT2D eigenvalue weighted by atomic mass is 16.4. The van der Waals surface area contributed by atoms with Crippen molar-refractivity contribution in [3.8, 4) is 0 Å². The zero-order chi connectivity index (χ0) is 9.30. The average molecular weight is 169 g/mol. The van der Waals surface area contributed by atoms with Crippen molar-refractivity contribution in [2.75, 3.05) is 0 Å². The summed E-state index contributed by atoms with van der Waals surface area (Å²) in [6.45, 7) is 5.75. The van der Waals surface area contributed by atoms with Gasteiger partial charge in [0.05, 0.1) is 0 Å². The first-order chi connectivity index (χ1) is 5.54. The third-order valence-electron chi connectivity index (χ3n) is 2.41. The molecule has 1 unspecified atom stereocenters. The van der Waals surface area contributed by atoms with E-state index in [2.05, 4.69) is 0 Å². The zero-order valence-corrected chi connectivity index (χ0v) is 7.69. The Labute approximate surface area is 72.7 Å². The molecule has 0 saturated carbocycles. The van der Waals surface area contributed by atoms with E-state index < -0.39 is 12.0 Å². The first-order valence-electron chi connectivity index (χ1n) is 4.22. The number of carboxylic acid groups (broad SMARTS) is 1. The summed E-state index contributed by atoms with van der Waals surface area (Å²) in [6, 6.07) is 0.0854. The molecule has 1 N–H and O–H groups in total. The van der Waals surface area contributed by atoms with Crippen molar-refractivity contribution in [3.05, 3.63) is 12.2 Å². The lowest BCUT2D eigenvalue weighted by Gasteiger charge is -2.29. The number of rotatable bonds is 2. The van der Waals surface area contributed by atoms with E-state index in [4.69, 9.17) is 5.11 Å². The standard InChI is InChI=1S/C9H15NO2/c1-6-4-5-7(2)10(6)8(3)9(11)12/h4-8H,1-3H3,(H,11,12)/t6-,7-,8?/m1/s1. The molecule has 1 aliphatic heterocycles. The molecule has 3 heteroatoms. The molecule has 1 rings (SSSR count). The van der Waals surface area contributed by atoms with E-state index in [0.29, 0.717) is 0 Å². The first-order valence-corrected chi connectivity index (χ1v) is 4.22. The van der Waals surface area contributed by atoms with Gasteiger partial charge in [-0.3, -0.25) is 9.69 Å². The Morgan fingerprint density at radius 1 is 1.42 bits per heavy atom. The van der Waals surface area contributed by atoms with Gasteiger partial charge in [-0.1, -0.05) is 12.2 Å². The van der Waals surface area contributed by atoms with Crippen LogP contribution in [0.25, 0.3) is 0 Å². The highest BCUT2D eigenvalue weighted by Crippen LogP contribution is 2.19. The average Bonchev–Trinajstić information content (AvgIpc) is 2.30. The van der Waals surface area contributed by atoms with Gasteiger partial charge in [-0.05, 0) is 20.8 Å². The summed E-state index contributed by atoms with van der Waals surface area (Å²) in [4.78, 5) is 12.7. The van der Waals surface area contributed by atoms with Gasteiger partial charge in [0, 0.05) is 12.1 Å². The molecule has 0 aromatic carbocycles. The molecule has 0 aliphatic carbocycles. The molecule has 0 spiro atoms. The number of nitrogens with zero attached hydrogens (tertiary/aromatic N) is 1. The second-order valence-corrected chi connectivity index (χ2v) is 3.33. The molecule has 3 nitrogen and oxygen atoms in total. The van der Waals surface area contributed by atoms with E-state index in [1.807, 2.05) is 30.9 Å². The minimum Gasteiger partial charge on any atom is -0.480 e. The molecule has 3 atom stereocenters. The van der Waals surface area contributed by atoms with Crippen molar-refractivity contribution >= 4 is 5.97 Å². The van der Waals surface area contributed by atoms with Crippen LogP contribution in [0.2, 0.25) is 0 Å². The van der Waals surface area contributed by atoms with Crippen molar-refractivity contribution in [2.45, 2.75) is 38.9 Å². The van der Waals surface area contributed by atoms with Crippen molar-refractivity contribution in [1.82, 2.24) is 4.90 Å². The third-order valence-corrected chi connectivity index (χ3v) is 2.41. The van der Waals surface area contributed by atoms with Crippen molar-refractivity contribution in [2.24, 2.45) is 0 Å². The normalized spacial score (nSPS) is 32.2. The first kappa shape index (κ1) is 9.26. The molecule has 0 fully saturated rings. The summed E-state index contributed by atoms with van der Waals surface area (Å²) in [6.07, 6.45) is 4.09. The fourth-order valence-electron chi connectivity index (χ4n) is 1.72. The van der Waals surface area contributed by atoms with E-state index in [1.165, 1.54) is 0 Å². The van der Waals surface area contributed by atoms with E-state index in [1.54, 1.807) is 6.92 Å². The highest BCUT2D eigenvalue weighted by Gasteiger charge is 2.30. The maximum atomic E-state index is 10.7. The summed E-state index contributed by atoms with van der Waals surface area (Å²) < 4.78 is 0. The molecule has 0 radical (unpaired) electrons. The van der Waals surface area contributed by atoms with Gasteiger partial charge in [0.2, 0.25) is 0 Å². The molecular formula is C9H15NO2. The molecule has 12 heavy (non-hydrogen) atoms. The van der Waals surface area contributed by atoms with Crippen molar-refractivity contribution in [3.63, 3.8) is 0 Å². The van der Waals surface area contributed by atoms with Gasteiger partial charge < -0.3 is 5.11 Å². The van der Waals surface area contributed by atoms with Crippen molar-refractivity contribution in [1.29, 1.82) is 0 Å². The number of carbonyl (C=O) groups is 1. The molecule has 1 heterocycles. The lowest BCUT2D eigenvalue weighted by molar-refractivity contribution is -0.143. The number of carboxylic acids is 1. The number of aliphatic carboxylic acids is 1. The summed E-state index contributed by atoms with van der Waals surface area (Å²) in [5, 5.41) is 8.81. The van der Waals surface area contributed by atoms with E-state index in [-0.39, 0.29) is 12.1 Å². The molecule has 0 bridgehead atoms. The second kappa shape index (κ2) is 3.27. The molecule has 0 saturated heterocycles. The summed E-state index contributed by atoms with van der Waals surface area (Å²) in [5.41, 5.74) is 0. The Morgan fingerprint density at radius 3 is 2.17 bits per heavy atom. The van der Waals surface area contributed by atoms with Gasteiger partial charge in [-0.15, -0.1) is 0 Å². The minimum atomic E-state index is -0.752. The fraction of sp³-hybridized carbons (Fsp3) is 0.667. The lowest BCUT2D eigenvalue weighted by Crippen LogP contribution is -2.45. The minimum absolute atomic E-state index is 0.242. The summed E-state index contributed by atoms with van der Waals surface area (Å²) in [7, 11) is 0. The van der Waals surface area contributed by atoms with Crippen LogP contribution in [-0.2, 0) is 4.79 Å². The van der Waals surface area contributed by atoms with Crippen LogP contribution in [0.15, 0.2) is 12.2 Å². The number of hydrogen-bond donors (Lipinski definition) is 1. The molecule has 1 aliphatic rings. The van der Waals surface area contributed by atoms with Crippen LogP contribution in [0.4, 0.5) is 0 Å². The zero-order valence-electron chi connectivity index (χ0n) is 7.69. The van der Waals surface area contributed by atoms with E-state index in [9.17, 15) is 4.79 Å². The maximum Gasteiger partial charge on any atom is 0.320 e. The summed E-state index contributed by atoms with van der Waals surface area (Å²) >= 11 is 0. The Kier molecular flexibility index (Phi) is 2.52. The number of hydrogen-bond acceptors (Lipinski definition) is 2. The van der Waals surface area contributed by atoms with Crippen LogP contribution >= 0.6 is 0 Å². The van der Waals surface area contributed by atoms with E-state index >= 15 is 0 Å². The van der Waals surface area contributed by atoms with Gasteiger partial charge >= 0.3 is 5.97 Å². The SMILES string of the molecule is CC(C(=O)O)N1[C@H](C)C=C[C@H]1C. The molecule has 68 valence electrons. The Bertz CT molecular complexity index is 201. The second-order valence-electron chi connectivity index (χ2n) is 3.33. The van der Waals surface area contributed by atoms with Crippen LogP contribution in [0.5, 0.6) is 0 Å². The Morgan fingerprint density at radius 2 is 1.83 bits per heavy atom. The molecule has 0 aromatic heterocycles. The third kappa shape index (κ3) is 1.50. The van der Waals surface area contributed by atoms with Crippen LogP contribution < -0.4 is 0 Å². The van der Waals surface area contributed by atoms with Gasteiger partial charge in [0.25, 0.3) is 0 Å². The molecular weight excluding hydrogens is 154 g/mol. The van der Waals surface area contributed by atoms with Gasteiger partial charge in [-0.25, -0.2) is 0 Å². The van der Waals surface area contributed by atoms with Gasteiger partial charge in [0.15, 0.2) is 0 Å². The molecule has 0 amide bonds. The smallest absolute Gasteiger partial charge is 0.320 e. The molecule has 0 aromatic rings. The largest absolute Gasteiger partial charge is 0.480 e. The lowest BCUT2D eigenvalue weighted by atomic mass is 10.2. The highest BCUT2D eigenvalue weighted by molar-refractivity contribution is 5.73. The quantitative estimate of drug-likeness (QED) is 0.629. The Balaban J connectivity index is 2.69. The summed E-state index contributed by atoms with van der Waals surface area (Å²) in [5.74, 6) is -0.752. The van der Waals surface area contributed by atoms with Gasteiger partial charge in [0.1, 0.15) is 6.04 Å². The van der Waals surface area contributed by atoms with Crippen LogP contribution in [0.3, 0.4) is 0 Å². The van der Waals surface area contributed by atoms with Crippen LogP contribution in [-0.4, -0.2) is 34.1 Å². The van der Waals surface area contributed by atoms with Crippen LogP contribution in [0.1, 0.15) is 20.8 Å². The Hall–Kier alpha value is -0.830. The maximum absolute atomic E-state index is 10.7. The monoisotopic (exact) mass is 169 g/mol. The van der Waals surface area contributed by atoms with E-state index in [0.717, 1.165) is 0 Å². The topological polar surface area (TPSA) is 40.5 Å². The van der Waals surface area contributed by atoms with Crippen molar-refractivity contribution < 1.29 is 9.90 Å². The van der Waals surface area contributed by atoms with Crippen LogP contribution in [0, 0.1) is 0 Å². The predicted octanol–water partition coefficient (Wildman–Crippen LogP) is 1.11. The van der Waals surface area contributed by atoms with Gasteiger partial charge in [-0.2, -0.15) is 0 Å². The fourth-order valence-corrected chi connectivity index (χ4v) is 1.72.